The van der Waals surface area contributed by atoms with Crippen molar-refractivity contribution in [3.8, 4) is 5.75 Å². The molecule has 0 bridgehead atoms. The number of morpholine rings is 1. The number of ether oxygens (including phenoxy) is 2. The summed E-state index contributed by atoms with van der Waals surface area (Å²) in [4.78, 5) is 14.3. The molecule has 0 radical (unpaired) electrons. The van der Waals surface area contributed by atoms with Crippen LogP contribution < -0.4 is 4.74 Å². The maximum atomic E-state index is 12.5. The van der Waals surface area contributed by atoms with E-state index in [2.05, 4.69) is 28.1 Å². The molecule has 1 amide bonds. The molecule has 0 N–H and O–H groups in total. The number of halogens is 1. The standard InChI is InChI=1S/C19H20BrNO3/c20-17-14-16(19(22)21-9-12-23-13-10-21)6-7-18(17)24-11-8-15-4-2-1-3-5-15/h1-7,14H,8-13H2. The van der Waals surface area contributed by atoms with Crippen molar-refractivity contribution in [2.24, 2.45) is 0 Å². The molecule has 0 unspecified atom stereocenters. The molecular formula is C19H20BrNO3. The molecule has 2 aromatic rings. The van der Waals surface area contributed by atoms with E-state index in [1.165, 1.54) is 5.56 Å². The minimum Gasteiger partial charge on any atom is -0.492 e. The highest BCUT2D eigenvalue weighted by Gasteiger charge is 2.19. The summed E-state index contributed by atoms with van der Waals surface area (Å²) in [6.45, 7) is 3.10. The van der Waals surface area contributed by atoms with E-state index in [4.69, 9.17) is 9.47 Å². The summed E-state index contributed by atoms with van der Waals surface area (Å²) in [5.41, 5.74) is 1.91. The Balaban J connectivity index is 1.58. The first-order chi connectivity index (χ1) is 11.7. The van der Waals surface area contributed by atoms with Crippen LogP contribution >= 0.6 is 15.9 Å². The summed E-state index contributed by atoms with van der Waals surface area (Å²) >= 11 is 3.51. The lowest BCUT2D eigenvalue weighted by Crippen LogP contribution is -2.40. The van der Waals surface area contributed by atoms with Crippen molar-refractivity contribution in [3.63, 3.8) is 0 Å². The second-order valence-electron chi connectivity index (χ2n) is 5.63. The van der Waals surface area contributed by atoms with Crippen LogP contribution in [0.5, 0.6) is 5.75 Å². The SMILES string of the molecule is O=C(c1ccc(OCCc2ccccc2)c(Br)c1)N1CCOCC1. The Hall–Kier alpha value is -1.85. The maximum Gasteiger partial charge on any atom is 0.254 e. The second kappa shape index (κ2) is 8.31. The molecular weight excluding hydrogens is 370 g/mol. The Morgan fingerprint density at radius 3 is 2.58 bits per heavy atom. The average molecular weight is 390 g/mol. The predicted octanol–water partition coefficient (Wildman–Crippen LogP) is 3.54. The molecule has 1 aliphatic heterocycles. The molecule has 0 atom stereocenters. The largest absolute Gasteiger partial charge is 0.492 e. The van der Waals surface area contributed by atoms with E-state index in [-0.39, 0.29) is 5.91 Å². The van der Waals surface area contributed by atoms with Crippen LogP contribution in [0, 0.1) is 0 Å². The molecule has 4 nitrogen and oxygen atoms in total. The lowest BCUT2D eigenvalue weighted by atomic mass is 10.1. The number of hydrogen-bond acceptors (Lipinski definition) is 3. The maximum absolute atomic E-state index is 12.5. The Morgan fingerprint density at radius 2 is 1.88 bits per heavy atom. The second-order valence-corrected chi connectivity index (χ2v) is 6.49. The molecule has 3 rings (SSSR count). The van der Waals surface area contributed by atoms with E-state index in [1.807, 2.05) is 41.3 Å². The predicted molar refractivity (Wildman–Crippen MR) is 96.5 cm³/mol. The molecule has 1 aliphatic rings. The highest BCUT2D eigenvalue weighted by molar-refractivity contribution is 9.10. The highest BCUT2D eigenvalue weighted by atomic mass is 79.9. The monoisotopic (exact) mass is 389 g/mol. The number of hydrogen-bond donors (Lipinski definition) is 0. The minimum atomic E-state index is 0.0369. The first kappa shape index (κ1) is 17.0. The third-order valence-electron chi connectivity index (χ3n) is 3.97. The number of nitrogens with zero attached hydrogens (tertiary/aromatic N) is 1. The summed E-state index contributed by atoms with van der Waals surface area (Å²) in [7, 11) is 0. The van der Waals surface area contributed by atoms with Crippen LogP contribution in [0.1, 0.15) is 15.9 Å². The molecule has 0 aliphatic carbocycles. The molecule has 0 aromatic heterocycles. The Morgan fingerprint density at radius 1 is 1.12 bits per heavy atom. The Kier molecular flexibility index (Phi) is 5.88. The number of amides is 1. The van der Waals surface area contributed by atoms with Crippen LogP contribution in [0.15, 0.2) is 53.0 Å². The normalized spacial score (nSPS) is 14.5. The summed E-state index contributed by atoms with van der Waals surface area (Å²) in [5.74, 6) is 0.791. The topological polar surface area (TPSA) is 38.8 Å². The molecule has 1 heterocycles. The van der Waals surface area contributed by atoms with Crippen molar-refractivity contribution in [3.05, 3.63) is 64.1 Å². The highest BCUT2D eigenvalue weighted by Crippen LogP contribution is 2.27. The number of carbonyl (C=O) groups excluding carboxylic acids is 1. The van der Waals surface area contributed by atoms with Gasteiger partial charge in [0.15, 0.2) is 0 Å². The van der Waals surface area contributed by atoms with Crippen LogP contribution in [-0.2, 0) is 11.2 Å². The van der Waals surface area contributed by atoms with Gasteiger partial charge in [-0.1, -0.05) is 30.3 Å². The number of carbonyl (C=O) groups is 1. The van der Waals surface area contributed by atoms with Crippen LogP contribution in [-0.4, -0.2) is 43.7 Å². The van der Waals surface area contributed by atoms with Gasteiger partial charge in [0, 0.05) is 25.1 Å². The van der Waals surface area contributed by atoms with Gasteiger partial charge in [0.25, 0.3) is 5.91 Å². The number of benzene rings is 2. The van der Waals surface area contributed by atoms with Gasteiger partial charge in [-0.2, -0.15) is 0 Å². The average Bonchev–Trinajstić information content (AvgIpc) is 2.64. The van der Waals surface area contributed by atoms with Crippen molar-refractivity contribution in [2.75, 3.05) is 32.9 Å². The smallest absolute Gasteiger partial charge is 0.254 e. The molecule has 5 heteroatoms. The fourth-order valence-electron chi connectivity index (χ4n) is 2.62. The molecule has 24 heavy (non-hydrogen) atoms. The van der Waals surface area contributed by atoms with Crippen molar-refractivity contribution in [2.45, 2.75) is 6.42 Å². The Bertz CT molecular complexity index is 684. The molecule has 0 spiro atoms. The van der Waals surface area contributed by atoms with Crippen molar-refractivity contribution >= 4 is 21.8 Å². The third kappa shape index (κ3) is 4.36. The summed E-state index contributed by atoms with van der Waals surface area (Å²) in [6, 6.07) is 15.7. The molecule has 2 aromatic carbocycles. The van der Waals surface area contributed by atoms with Crippen LogP contribution in [0.25, 0.3) is 0 Å². The lowest BCUT2D eigenvalue weighted by Gasteiger charge is -2.27. The molecule has 126 valence electrons. The number of rotatable bonds is 5. The summed E-state index contributed by atoms with van der Waals surface area (Å²) in [5, 5.41) is 0. The van der Waals surface area contributed by atoms with Gasteiger partial charge in [-0.15, -0.1) is 0 Å². The van der Waals surface area contributed by atoms with Gasteiger partial charge < -0.3 is 14.4 Å². The molecule has 1 fully saturated rings. The van der Waals surface area contributed by atoms with Crippen molar-refractivity contribution < 1.29 is 14.3 Å². The van der Waals surface area contributed by atoms with Crippen molar-refractivity contribution in [1.82, 2.24) is 4.90 Å². The molecule has 0 saturated carbocycles. The van der Waals surface area contributed by atoms with E-state index in [1.54, 1.807) is 0 Å². The van der Waals surface area contributed by atoms with Gasteiger partial charge in [0.1, 0.15) is 5.75 Å². The van der Waals surface area contributed by atoms with Crippen LogP contribution in [0.3, 0.4) is 0 Å². The van der Waals surface area contributed by atoms with Crippen LogP contribution in [0.4, 0.5) is 0 Å². The third-order valence-corrected chi connectivity index (χ3v) is 4.59. The quantitative estimate of drug-likeness (QED) is 0.784. The van der Waals surface area contributed by atoms with E-state index in [0.29, 0.717) is 38.5 Å². The van der Waals surface area contributed by atoms with Gasteiger partial charge in [-0.25, -0.2) is 0 Å². The van der Waals surface area contributed by atoms with Crippen molar-refractivity contribution in [1.29, 1.82) is 0 Å². The van der Waals surface area contributed by atoms with Gasteiger partial charge in [-0.05, 0) is 39.7 Å². The minimum absolute atomic E-state index is 0.0369. The zero-order valence-electron chi connectivity index (χ0n) is 13.4. The van der Waals surface area contributed by atoms with Crippen LogP contribution in [0.2, 0.25) is 0 Å². The molecule has 1 saturated heterocycles. The van der Waals surface area contributed by atoms with Gasteiger partial charge in [0.05, 0.1) is 24.3 Å². The first-order valence-electron chi connectivity index (χ1n) is 8.07. The van der Waals surface area contributed by atoms with Gasteiger partial charge in [-0.3, -0.25) is 4.79 Å². The summed E-state index contributed by atoms with van der Waals surface area (Å²) < 4.78 is 11.9. The zero-order valence-corrected chi connectivity index (χ0v) is 15.0. The fraction of sp³-hybridized carbons (Fsp3) is 0.316. The Labute approximate surface area is 150 Å². The summed E-state index contributed by atoms with van der Waals surface area (Å²) in [6.07, 6.45) is 0.849. The fourth-order valence-corrected chi connectivity index (χ4v) is 3.12. The zero-order chi connectivity index (χ0) is 16.8. The lowest BCUT2D eigenvalue weighted by molar-refractivity contribution is 0.0303. The first-order valence-corrected chi connectivity index (χ1v) is 8.86. The van der Waals surface area contributed by atoms with E-state index in [9.17, 15) is 4.79 Å². The van der Waals surface area contributed by atoms with E-state index >= 15 is 0 Å². The van der Waals surface area contributed by atoms with E-state index < -0.39 is 0 Å². The van der Waals surface area contributed by atoms with Gasteiger partial charge >= 0.3 is 0 Å². The van der Waals surface area contributed by atoms with Gasteiger partial charge in [0.2, 0.25) is 0 Å². The van der Waals surface area contributed by atoms with E-state index in [0.717, 1.165) is 16.6 Å².